The molecule has 0 bridgehead atoms. The van der Waals surface area contributed by atoms with Gasteiger partial charge in [0.2, 0.25) is 6.04 Å². The van der Waals surface area contributed by atoms with E-state index in [0.29, 0.717) is 4.68 Å². The van der Waals surface area contributed by atoms with Crippen molar-refractivity contribution in [2.75, 3.05) is 5.32 Å². The predicted octanol–water partition coefficient (Wildman–Crippen LogP) is 2.62. The standard InChI is InChI=1S/C18H18BrClN4O6/c1-18(2,3)30-17(29)12(13(21)25)24-14(10(19)11(23-24)16(27)28)22-15(26)8-6-4-5-7-9(8)20/h4-7,12H,1-3H3,(H2,21,25)(H,22,26)(H,27,28). The van der Waals surface area contributed by atoms with Crippen LogP contribution in [0.15, 0.2) is 28.7 Å². The maximum Gasteiger partial charge on any atom is 0.357 e. The van der Waals surface area contributed by atoms with Gasteiger partial charge < -0.3 is 20.9 Å². The molecule has 10 nitrogen and oxygen atoms in total. The molecule has 0 saturated heterocycles. The number of ether oxygens (including phenoxy) is 1. The first-order valence-electron chi connectivity index (χ1n) is 8.43. The van der Waals surface area contributed by atoms with Crippen molar-refractivity contribution in [2.45, 2.75) is 32.4 Å². The maximum absolute atomic E-state index is 12.7. The van der Waals surface area contributed by atoms with Crippen LogP contribution in [0.2, 0.25) is 5.02 Å². The number of carboxylic acid groups (broad SMARTS) is 1. The molecule has 2 rings (SSSR count). The number of esters is 1. The Morgan fingerprint density at radius 1 is 1.27 bits per heavy atom. The Kier molecular flexibility index (Phi) is 6.88. The van der Waals surface area contributed by atoms with Gasteiger partial charge in [-0.15, -0.1) is 0 Å². The SMILES string of the molecule is CC(C)(C)OC(=O)C(C(N)=O)n1nc(C(=O)O)c(Br)c1NC(=O)c1ccccc1Cl. The fourth-order valence-electron chi connectivity index (χ4n) is 2.36. The lowest BCUT2D eigenvalue weighted by Gasteiger charge is -2.23. The van der Waals surface area contributed by atoms with Crippen LogP contribution in [0.4, 0.5) is 5.82 Å². The summed E-state index contributed by atoms with van der Waals surface area (Å²) in [6.07, 6.45) is 0. The molecule has 0 aliphatic carbocycles. The van der Waals surface area contributed by atoms with Crippen LogP contribution >= 0.6 is 27.5 Å². The number of benzene rings is 1. The molecule has 2 aromatic rings. The first-order chi connectivity index (χ1) is 13.8. The molecular formula is C18H18BrClN4O6. The molecule has 0 aliphatic heterocycles. The number of aromatic carboxylic acids is 1. The Morgan fingerprint density at radius 3 is 2.37 bits per heavy atom. The number of carboxylic acids is 1. The molecule has 0 radical (unpaired) electrons. The van der Waals surface area contributed by atoms with Crippen molar-refractivity contribution in [3.05, 3.63) is 45.0 Å². The molecular weight excluding hydrogens is 484 g/mol. The van der Waals surface area contributed by atoms with E-state index in [4.69, 9.17) is 22.1 Å². The number of hydrogen-bond acceptors (Lipinski definition) is 6. The molecule has 4 N–H and O–H groups in total. The molecule has 30 heavy (non-hydrogen) atoms. The van der Waals surface area contributed by atoms with Crippen molar-refractivity contribution in [1.82, 2.24) is 9.78 Å². The summed E-state index contributed by atoms with van der Waals surface area (Å²) in [5.74, 6) is -4.72. The van der Waals surface area contributed by atoms with Gasteiger partial charge in [0, 0.05) is 0 Å². The van der Waals surface area contributed by atoms with Gasteiger partial charge in [-0.1, -0.05) is 23.7 Å². The minimum Gasteiger partial charge on any atom is -0.476 e. The molecule has 1 aromatic carbocycles. The zero-order valence-electron chi connectivity index (χ0n) is 16.1. The molecule has 1 unspecified atom stereocenters. The van der Waals surface area contributed by atoms with Gasteiger partial charge in [0.25, 0.3) is 11.8 Å². The summed E-state index contributed by atoms with van der Waals surface area (Å²) in [4.78, 5) is 48.8. The van der Waals surface area contributed by atoms with E-state index in [0.717, 1.165) is 0 Å². The molecule has 0 spiro atoms. The number of carbonyl (C=O) groups excluding carboxylic acids is 3. The van der Waals surface area contributed by atoms with Crippen molar-refractivity contribution in [3.63, 3.8) is 0 Å². The molecule has 160 valence electrons. The fourth-order valence-corrected chi connectivity index (χ4v) is 3.12. The number of amides is 2. The van der Waals surface area contributed by atoms with E-state index in [1.807, 2.05) is 0 Å². The highest BCUT2D eigenvalue weighted by molar-refractivity contribution is 9.10. The van der Waals surface area contributed by atoms with Crippen molar-refractivity contribution in [1.29, 1.82) is 0 Å². The molecule has 0 fully saturated rings. The minimum atomic E-state index is -1.84. The number of nitrogens with two attached hydrogens (primary N) is 1. The first-order valence-corrected chi connectivity index (χ1v) is 9.60. The summed E-state index contributed by atoms with van der Waals surface area (Å²) < 4.78 is 5.71. The van der Waals surface area contributed by atoms with E-state index >= 15 is 0 Å². The van der Waals surface area contributed by atoms with Crippen LogP contribution < -0.4 is 11.1 Å². The largest absolute Gasteiger partial charge is 0.476 e. The number of carbonyl (C=O) groups is 4. The summed E-state index contributed by atoms with van der Waals surface area (Å²) >= 11 is 9.05. The van der Waals surface area contributed by atoms with Crippen LogP contribution in [-0.4, -0.2) is 44.2 Å². The minimum absolute atomic E-state index is 0.0728. The Labute approximate surface area is 184 Å². The van der Waals surface area contributed by atoms with Gasteiger partial charge in [-0.05, 0) is 48.8 Å². The molecule has 0 aliphatic rings. The predicted molar refractivity (Wildman–Crippen MR) is 110 cm³/mol. The zero-order valence-corrected chi connectivity index (χ0v) is 18.4. The van der Waals surface area contributed by atoms with Crippen molar-refractivity contribution >= 4 is 57.1 Å². The summed E-state index contributed by atoms with van der Waals surface area (Å²) in [6, 6.07) is 4.27. The van der Waals surface area contributed by atoms with E-state index in [-0.39, 0.29) is 20.9 Å². The second kappa shape index (κ2) is 8.84. The smallest absolute Gasteiger partial charge is 0.357 e. The molecule has 2 amide bonds. The van der Waals surface area contributed by atoms with Crippen molar-refractivity contribution in [3.8, 4) is 0 Å². The number of nitrogens with one attached hydrogen (secondary N) is 1. The third-order valence-corrected chi connectivity index (χ3v) is 4.63. The first kappa shape index (κ1) is 23.4. The number of anilines is 1. The monoisotopic (exact) mass is 500 g/mol. The van der Waals surface area contributed by atoms with E-state index in [1.54, 1.807) is 32.9 Å². The summed E-state index contributed by atoms with van der Waals surface area (Å²) in [5, 5.41) is 15.7. The second-order valence-corrected chi connectivity index (χ2v) is 8.23. The normalized spacial score (nSPS) is 12.2. The Morgan fingerprint density at radius 2 is 1.87 bits per heavy atom. The van der Waals surface area contributed by atoms with Crippen LogP contribution in [-0.2, 0) is 14.3 Å². The molecule has 1 aromatic heterocycles. The summed E-state index contributed by atoms with van der Waals surface area (Å²) in [6.45, 7) is 4.72. The van der Waals surface area contributed by atoms with E-state index in [1.165, 1.54) is 12.1 Å². The van der Waals surface area contributed by atoms with Gasteiger partial charge in [-0.2, -0.15) is 5.10 Å². The van der Waals surface area contributed by atoms with E-state index < -0.39 is 41.1 Å². The number of nitrogens with zero attached hydrogens (tertiary/aromatic N) is 2. The van der Waals surface area contributed by atoms with E-state index in [2.05, 4.69) is 26.3 Å². The van der Waals surface area contributed by atoms with Gasteiger partial charge in [-0.25, -0.2) is 14.3 Å². The van der Waals surface area contributed by atoms with Crippen LogP contribution in [0.5, 0.6) is 0 Å². The average molecular weight is 502 g/mol. The van der Waals surface area contributed by atoms with Crippen molar-refractivity contribution < 1.29 is 29.0 Å². The highest BCUT2D eigenvalue weighted by Crippen LogP contribution is 2.31. The molecule has 12 heteroatoms. The summed E-state index contributed by atoms with van der Waals surface area (Å²) in [5.41, 5.74) is 3.91. The number of rotatable bonds is 6. The van der Waals surface area contributed by atoms with Gasteiger partial charge in [0.1, 0.15) is 11.4 Å². The molecule has 1 heterocycles. The van der Waals surface area contributed by atoms with Gasteiger partial charge >= 0.3 is 11.9 Å². The Hall–Kier alpha value is -2.92. The number of halogens is 2. The lowest BCUT2D eigenvalue weighted by atomic mass is 10.2. The molecule has 0 saturated carbocycles. The van der Waals surface area contributed by atoms with Gasteiger partial charge in [0.15, 0.2) is 5.69 Å². The fraction of sp³-hybridized carbons (Fsp3) is 0.278. The van der Waals surface area contributed by atoms with E-state index in [9.17, 15) is 24.3 Å². The molecule has 1 atom stereocenters. The van der Waals surface area contributed by atoms with Gasteiger partial charge in [0.05, 0.1) is 15.1 Å². The van der Waals surface area contributed by atoms with Gasteiger partial charge in [-0.3, -0.25) is 9.59 Å². The lowest BCUT2D eigenvalue weighted by molar-refractivity contribution is -0.161. The number of primary amides is 1. The quantitative estimate of drug-likeness (QED) is 0.406. The Bertz CT molecular complexity index is 1030. The summed E-state index contributed by atoms with van der Waals surface area (Å²) in [7, 11) is 0. The third kappa shape index (κ3) is 5.16. The number of aromatic nitrogens is 2. The lowest BCUT2D eigenvalue weighted by Crippen LogP contribution is -2.39. The highest BCUT2D eigenvalue weighted by atomic mass is 79.9. The average Bonchev–Trinajstić information content (AvgIpc) is 2.90. The number of hydrogen-bond donors (Lipinski definition) is 3. The van der Waals surface area contributed by atoms with Crippen LogP contribution in [0.1, 0.15) is 47.7 Å². The topological polar surface area (TPSA) is 154 Å². The van der Waals surface area contributed by atoms with Crippen LogP contribution in [0.25, 0.3) is 0 Å². The van der Waals surface area contributed by atoms with Crippen LogP contribution in [0, 0.1) is 0 Å². The Balaban J connectivity index is 2.58. The second-order valence-electron chi connectivity index (χ2n) is 7.03. The highest BCUT2D eigenvalue weighted by Gasteiger charge is 2.37. The third-order valence-electron chi connectivity index (χ3n) is 3.55. The van der Waals surface area contributed by atoms with Crippen molar-refractivity contribution in [2.24, 2.45) is 5.73 Å². The zero-order chi connectivity index (χ0) is 22.8. The van der Waals surface area contributed by atoms with Crippen LogP contribution in [0.3, 0.4) is 0 Å². The maximum atomic E-state index is 12.7.